The molecule has 0 radical (unpaired) electrons. The van der Waals surface area contributed by atoms with Crippen LogP contribution in [0.3, 0.4) is 0 Å². The molecule has 2 N–H and O–H groups in total. The average molecular weight is 446 g/mol. The van der Waals surface area contributed by atoms with Crippen molar-refractivity contribution >= 4 is 23.3 Å². The molecule has 0 bridgehead atoms. The third-order valence-corrected chi connectivity index (χ3v) is 6.39. The van der Waals surface area contributed by atoms with Crippen molar-refractivity contribution in [3.05, 3.63) is 90.0 Å². The number of hydrogen-bond donors (Lipinski definition) is 2. The Morgan fingerprint density at radius 2 is 1.88 bits per heavy atom. The molecule has 3 atom stereocenters. The number of amides is 3. The number of urea groups is 1. The Morgan fingerprint density at radius 3 is 2.61 bits per heavy atom. The van der Waals surface area contributed by atoms with E-state index in [9.17, 15) is 19.1 Å². The van der Waals surface area contributed by atoms with Crippen LogP contribution in [0.4, 0.5) is 20.6 Å². The highest BCUT2D eigenvalue weighted by molar-refractivity contribution is 6.03. The number of carbonyl (C=O) groups is 2. The van der Waals surface area contributed by atoms with Crippen LogP contribution in [-0.4, -0.2) is 52.2 Å². The van der Waals surface area contributed by atoms with Gasteiger partial charge in [0.2, 0.25) is 5.91 Å². The van der Waals surface area contributed by atoms with Crippen molar-refractivity contribution in [2.45, 2.75) is 24.4 Å². The van der Waals surface area contributed by atoms with Crippen molar-refractivity contribution in [1.29, 1.82) is 0 Å². The van der Waals surface area contributed by atoms with Gasteiger partial charge in [0.25, 0.3) is 0 Å². The van der Waals surface area contributed by atoms with Crippen molar-refractivity contribution in [3.63, 3.8) is 0 Å². The maximum absolute atomic E-state index is 13.2. The van der Waals surface area contributed by atoms with Crippen LogP contribution < -0.4 is 10.2 Å². The quantitative estimate of drug-likeness (QED) is 0.645. The summed E-state index contributed by atoms with van der Waals surface area (Å²) in [5, 5.41) is 12.9. The Balaban J connectivity index is 1.42. The zero-order valence-corrected chi connectivity index (χ0v) is 17.8. The molecule has 1 aromatic heterocycles. The van der Waals surface area contributed by atoms with Gasteiger partial charge in [-0.25, -0.2) is 9.18 Å². The number of benzene rings is 2. The third-order valence-electron chi connectivity index (χ3n) is 6.39. The van der Waals surface area contributed by atoms with Gasteiger partial charge in [0, 0.05) is 36.2 Å². The van der Waals surface area contributed by atoms with Crippen LogP contribution in [0.5, 0.6) is 0 Å². The number of carbonyl (C=O) groups excluding carboxylic acids is 2. The summed E-state index contributed by atoms with van der Waals surface area (Å²) in [5.74, 6) is -0.549. The minimum Gasteiger partial charge on any atom is -0.394 e. The Labute approximate surface area is 190 Å². The molecular formula is C25H23FN4O3. The molecule has 0 unspecified atom stereocenters. The van der Waals surface area contributed by atoms with E-state index in [0.29, 0.717) is 12.2 Å². The summed E-state index contributed by atoms with van der Waals surface area (Å²) in [6, 6.07) is 15.8. The van der Waals surface area contributed by atoms with E-state index in [1.165, 1.54) is 24.3 Å². The fraction of sp³-hybridized carbons (Fsp3) is 0.240. The lowest BCUT2D eigenvalue weighted by Crippen LogP contribution is -2.71. The molecule has 33 heavy (non-hydrogen) atoms. The molecule has 8 heteroatoms. The second-order valence-corrected chi connectivity index (χ2v) is 8.29. The van der Waals surface area contributed by atoms with Crippen molar-refractivity contribution in [2.75, 3.05) is 23.4 Å². The molecule has 2 aliphatic rings. The first-order valence-corrected chi connectivity index (χ1v) is 10.8. The van der Waals surface area contributed by atoms with Crippen molar-refractivity contribution in [1.82, 2.24) is 9.88 Å². The highest BCUT2D eigenvalue weighted by Crippen LogP contribution is 2.48. The van der Waals surface area contributed by atoms with Crippen LogP contribution in [0.25, 0.3) is 0 Å². The van der Waals surface area contributed by atoms with E-state index in [1.54, 1.807) is 28.3 Å². The van der Waals surface area contributed by atoms with Gasteiger partial charge in [-0.1, -0.05) is 24.3 Å². The molecule has 2 aliphatic heterocycles. The van der Waals surface area contributed by atoms with Crippen LogP contribution in [0.15, 0.2) is 73.1 Å². The first-order chi connectivity index (χ1) is 16.1. The Hall–Kier alpha value is -3.78. The fourth-order valence-corrected chi connectivity index (χ4v) is 4.92. The van der Waals surface area contributed by atoms with Gasteiger partial charge in [-0.3, -0.25) is 14.7 Å². The molecule has 1 fully saturated rings. The Kier molecular flexibility index (Phi) is 5.51. The summed E-state index contributed by atoms with van der Waals surface area (Å²) in [5.41, 5.74) is 2.95. The minimum atomic E-state index is -0.383. The normalized spacial score (nSPS) is 21.0. The number of pyridine rings is 1. The SMILES string of the molecule is O=C(Nc1ccc(F)cc1)N1C[C@H]2[C@@H](c3ccccc31)[C@@H](CO)N2C(=O)Cc1cccnc1. The molecule has 3 aromatic rings. The Morgan fingerprint density at radius 1 is 1.09 bits per heavy atom. The number of aliphatic hydroxyl groups is 1. The van der Waals surface area contributed by atoms with Gasteiger partial charge in [0.15, 0.2) is 0 Å². The van der Waals surface area contributed by atoms with E-state index in [-0.39, 0.29) is 48.8 Å². The van der Waals surface area contributed by atoms with Gasteiger partial charge in [0.05, 0.1) is 25.1 Å². The first-order valence-electron chi connectivity index (χ1n) is 10.8. The molecule has 0 aliphatic carbocycles. The van der Waals surface area contributed by atoms with Gasteiger partial charge >= 0.3 is 6.03 Å². The van der Waals surface area contributed by atoms with Gasteiger partial charge in [-0.2, -0.15) is 0 Å². The molecule has 2 aromatic carbocycles. The van der Waals surface area contributed by atoms with Crippen molar-refractivity contribution < 1.29 is 19.1 Å². The lowest BCUT2D eigenvalue weighted by atomic mass is 9.71. The predicted octanol–water partition coefficient (Wildman–Crippen LogP) is 3.17. The summed E-state index contributed by atoms with van der Waals surface area (Å²) in [7, 11) is 0. The van der Waals surface area contributed by atoms with Crippen LogP contribution in [0.1, 0.15) is 17.0 Å². The lowest BCUT2D eigenvalue weighted by molar-refractivity contribution is -0.149. The highest BCUT2D eigenvalue weighted by Gasteiger charge is 2.55. The third kappa shape index (κ3) is 3.82. The molecule has 3 heterocycles. The summed E-state index contributed by atoms with van der Waals surface area (Å²) in [6.45, 7) is 0.139. The van der Waals surface area contributed by atoms with Crippen LogP contribution in [0, 0.1) is 5.82 Å². The average Bonchev–Trinajstić information content (AvgIpc) is 2.81. The van der Waals surface area contributed by atoms with E-state index < -0.39 is 0 Å². The van der Waals surface area contributed by atoms with E-state index in [0.717, 1.165) is 16.8 Å². The largest absolute Gasteiger partial charge is 0.394 e. The molecule has 5 rings (SSSR count). The molecule has 0 saturated carbocycles. The second kappa shape index (κ2) is 8.63. The molecule has 7 nitrogen and oxygen atoms in total. The van der Waals surface area contributed by atoms with E-state index in [2.05, 4.69) is 10.3 Å². The minimum absolute atomic E-state index is 0.0566. The number of rotatable bonds is 4. The van der Waals surface area contributed by atoms with Gasteiger partial charge < -0.3 is 15.3 Å². The lowest BCUT2D eigenvalue weighted by Gasteiger charge is -2.58. The monoisotopic (exact) mass is 446 g/mol. The number of halogens is 1. The topological polar surface area (TPSA) is 85.8 Å². The number of para-hydroxylation sites is 1. The number of aliphatic hydroxyl groups excluding tert-OH is 1. The van der Waals surface area contributed by atoms with Crippen molar-refractivity contribution in [2.24, 2.45) is 0 Å². The maximum Gasteiger partial charge on any atom is 0.326 e. The number of nitrogens with zero attached hydrogens (tertiary/aromatic N) is 3. The molecule has 1 saturated heterocycles. The number of aromatic nitrogens is 1. The van der Waals surface area contributed by atoms with Crippen molar-refractivity contribution in [3.8, 4) is 0 Å². The van der Waals surface area contributed by atoms with Gasteiger partial charge in [0.1, 0.15) is 5.82 Å². The van der Waals surface area contributed by atoms with Gasteiger partial charge in [-0.15, -0.1) is 0 Å². The van der Waals surface area contributed by atoms with Gasteiger partial charge in [-0.05, 0) is 47.5 Å². The first kappa shape index (κ1) is 21.1. The molecule has 168 valence electrons. The maximum atomic E-state index is 13.2. The van der Waals surface area contributed by atoms with E-state index >= 15 is 0 Å². The standard InChI is InChI=1S/C25H23FN4O3/c26-17-7-9-18(10-8-17)28-25(33)29-14-21-24(19-5-1-2-6-20(19)29)22(15-31)30(21)23(32)12-16-4-3-11-27-13-16/h1-11,13,21-22,24,31H,12,14-15H2,(H,28,33)/t21-,22+,24+/m0/s1. The number of hydrogen-bond acceptors (Lipinski definition) is 4. The summed E-state index contributed by atoms with van der Waals surface area (Å²) in [4.78, 5) is 33.7. The zero-order valence-electron chi connectivity index (χ0n) is 17.8. The highest BCUT2D eigenvalue weighted by atomic mass is 19.1. The van der Waals surface area contributed by atoms with Crippen LogP contribution >= 0.6 is 0 Å². The summed E-state index contributed by atoms with van der Waals surface area (Å²) in [6.07, 6.45) is 3.48. The second-order valence-electron chi connectivity index (χ2n) is 8.29. The van der Waals surface area contributed by atoms with E-state index in [1.807, 2.05) is 30.3 Å². The van der Waals surface area contributed by atoms with E-state index in [4.69, 9.17) is 0 Å². The number of likely N-dealkylation sites (tertiary alicyclic amines) is 1. The van der Waals surface area contributed by atoms with Crippen LogP contribution in [0.2, 0.25) is 0 Å². The smallest absolute Gasteiger partial charge is 0.326 e. The number of anilines is 2. The molecule has 3 amide bonds. The number of nitrogens with one attached hydrogen (secondary N) is 1. The molecular weight excluding hydrogens is 423 g/mol. The molecule has 0 spiro atoms. The summed E-state index contributed by atoms with van der Waals surface area (Å²) < 4.78 is 13.2. The Bertz CT molecular complexity index is 1170. The predicted molar refractivity (Wildman–Crippen MR) is 121 cm³/mol. The summed E-state index contributed by atoms with van der Waals surface area (Å²) >= 11 is 0. The zero-order chi connectivity index (χ0) is 22.9. The number of fused-ring (bicyclic) bond motifs is 3. The van der Waals surface area contributed by atoms with Crippen LogP contribution in [-0.2, 0) is 11.2 Å². The fourth-order valence-electron chi connectivity index (χ4n) is 4.92.